The third-order valence-corrected chi connectivity index (χ3v) is 9.52. The highest BCUT2D eigenvalue weighted by atomic mass is 31.2. The van der Waals surface area contributed by atoms with Crippen molar-refractivity contribution in [3.8, 4) is 0 Å². The van der Waals surface area contributed by atoms with Crippen molar-refractivity contribution >= 4 is 19.8 Å². The number of unbranched alkanes of at least 4 members (excludes halogenated alkanes) is 7. The Kier molecular flexibility index (Phi) is 33.2. The summed E-state index contributed by atoms with van der Waals surface area (Å²) >= 11 is 0. The van der Waals surface area contributed by atoms with Crippen LogP contribution in [0, 0.1) is 5.92 Å². The van der Waals surface area contributed by atoms with Crippen molar-refractivity contribution in [3.63, 3.8) is 0 Å². The van der Waals surface area contributed by atoms with Crippen LogP contribution in [-0.2, 0) is 32.7 Å². The number of phosphoric acid groups is 1. The molecular formula is C41H71O13P. The van der Waals surface area contributed by atoms with Gasteiger partial charge in [-0.05, 0) is 38.0 Å². The lowest BCUT2D eigenvalue weighted by Gasteiger charge is -2.20. The Bertz CT molecular complexity index is 1170. The van der Waals surface area contributed by atoms with Crippen molar-refractivity contribution in [1.82, 2.24) is 0 Å². The molecule has 0 aliphatic heterocycles. The number of phosphoric ester groups is 1. The molecule has 0 aromatic rings. The summed E-state index contributed by atoms with van der Waals surface area (Å²) in [5.74, 6) is -0.478. The molecule has 0 aromatic carbocycles. The van der Waals surface area contributed by atoms with Crippen molar-refractivity contribution in [1.29, 1.82) is 0 Å². The van der Waals surface area contributed by atoms with E-state index < -0.39 is 76.7 Å². The zero-order valence-corrected chi connectivity index (χ0v) is 34.3. The van der Waals surface area contributed by atoms with E-state index in [2.05, 4.69) is 18.4 Å². The topological polar surface area (TPSA) is 210 Å². The second-order valence-corrected chi connectivity index (χ2v) is 15.2. The van der Waals surface area contributed by atoms with Gasteiger partial charge < -0.3 is 39.9 Å². The Morgan fingerprint density at radius 2 is 1.27 bits per heavy atom. The van der Waals surface area contributed by atoms with Crippen LogP contribution in [0.4, 0.5) is 0 Å². The Hall–Kier alpha value is -2.45. The molecule has 55 heavy (non-hydrogen) atoms. The van der Waals surface area contributed by atoms with Gasteiger partial charge in [-0.25, -0.2) is 4.57 Å². The van der Waals surface area contributed by atoms with Gasteiger partial charge in [0.2, 0.25) is 0 Å². The molecule has 0 radical (unpaired) electrons. The van der Waals surface area contributed by atoms with E-state index in [1.165, 1.54) is 44.6 Å². The summed E-state index contributed by atoms with van der Waals surface area (Å²) in [6, 6.07) is 0. The van der Waals surface area contributed by atoms with Crippen LogP contribution in [0.5, 0.6) is 0 Å². The van der Waals surface area contributed by atoms with Gasteiger partial charge in [-0.15, -0.1) is 0 Å². The molecule has 0 saturated carbocycles. The van der Waals surface area contributed by atoms with Crippen molar-refractivity contribution in [2.24, 2.45) is 5.92 Å². The Morgan fingerprint density at radius 1 is 0.691 bits per heavy atom. The third kappa shape index (κ3) is 33.4. The fraction of sp³-hybridized carbons (Fsp3) is 0.707. The first-order chi connectivity index (χ1) is 26.3. The van der Waals surface area contributed by atoms with Crippen LogP contribution in [0.15, 0.2) is 60.8 Å². The molecule has 0 aliphatic carbocycles. The second-order valence-electron chi connectivity index (χ2n) is 13.7. The molecular weight excluding hydrogens is 731 g/mol. The van der Waals surface area contributed by atoms with Crippen LogP contribution in [0.25, 0.3) is 0 Å². The number of carbonyl (C=O) groups is 2. The quantitative estimate of drug-likeness (QED) is 0.0130. The van der Waals surface area contributed by atoms with Crippen LogP contribution in [0.2, 0.25) is 0 Å². The van der Waals surface area contributed by atoms with Crippen molar-refractivity contribution in [3.05, 3.63) is 60.8 Å². The molecule has 0 bridgehead atoms. The van der Waals surface area contributed by atoms with Crippen LogP contribution in [0.1, 0.15) is 124 Å². The highest BCUT2D eigenvalue weighted by Gasteiger charge is 2.27. The second kappa shape index (κ2) is 34.8. The Morgan fingerprint density at radius 3 is 1.91 bits per heavy atom. The SMILES string of the molecule is CC/C=C\C[C@H](O)/C=C/C=C/C=C\C=C/[C@@H](O)[C@H](O)CCCC(=O)O[C@H](COC(=O)CCCCCCCCCCC(C)CC)COP(=O)(O)OC[C@@H](O)CO. The molecule has 0 aliphatic rings. The number of aliphatic hydroxyl groups excluding tert-OH is 5. The van der Waals surface area contributed by atoms with Crippen LogP contribution >= 0.6 is 7.82 Å². The summed E-state index contributed by atoms with van der Waals surface area (Å²) in [6.07, 6.45) is 24.3. The summed E-state index contributed by atoms with van der Waals surface area (Å²) < 4.78 is 32.4. The van der Waals surface area contributed by atoms with Crippen LogP contribution in [0.3, 0.4) is 0 Å². The lowest BCUT2D eigenvalue weighted by molar-refractivity contribution is -0.161. The van der Waals surface area contributed by atoms with E-state index in [1.54, 1.807) is 42.5 Å². The summed E-state index contributed by atoms with van der Waals surface area (Å²) in [5, 5.41) is 48.7. The van der Waals surface area contributed by atoms with E-state index in [9.17, 15) is 39.5 Å². The van der Waals surface area contributed by atoms with Gasteiger partial charge in [-0.1, -0.05) is 139 Å². The fourth-order valence-electron chi connectivity index (χ4n) is 4.96. The minimum Gasteiger partial charge on any atom is -0.462 e. The van der Waals surface area contributed by atoms with E-state index in [0.29, 0.717) is 12.8 Å². The van der Waals surface area contributed by atoms with Gasteiger partial charge >= 0.3 is 19.8 Å². The van der Waals surface area contributed by atoms with Gasteiger partial charge in [0, 0.05) is 12.8 Å². The molecule has 0 rings (SSSR count). The summed E-state index contributed by atoms with van der Waals surface area (Å²) in [7, 11) is -4.71. The van der Waals surface area contributed by atoms with E-state index in [1.807, 2.05) is 19.1 Å². The van der Waals surface area contributed by atoms with Gasteiger partial charge in [0.25, 0.3) is 0 Å². The third-order valence-electron chi connectivity index (χ3n) is 8.57. The summed E-state index contributed by atoms with van der Waals surface area (Å²) in [5.41, 5.74) is 0. The molecule has 7 atom stereocenters. The zero-order chi connectivity index (χ0) is 41.2. The maximum atomic E-state index is 12.6. The van der Waals surface area contributed by atoms with E-state index >= 15 is 0 Å². The molecule has 0 aromatic heterocycles. The summed E-state index contributed by atoms with van der Waals surface area (Å²) in [4.78, 5) is 34.9. The smallest absolute Gasteiger partial charge is 0.462 e. The minimum atomic E-state index is -4.71. The normalized spacial score (nSPS) is 16.9. The van der Waals surface area contributed by atoms with Gasteiger partial charge in [-0.2, -0.15) is 0 Å². The molecule has 0 fully saturated rings. The van der Waals surface area contributed by atoms with Gasteiger partial charge in [0.15, 0.2) is 6.10 Å². The van der Waals surface area contributed by atoms with E-state index in [-0.39, 0.29) is 25.7 Å². The maximum absolute atomic E-state index is 12.6. The van der Waals surface area contributed by atoms with E-state index in [0.717, 1.165) is 31.6 Å². The lowest BCUT2D eigenvalue weighted by atomic mass is 9.99. The number of hydrogen-bond donors (Lipinski definition) is 6. The van der Waals surface area contributed by atoms with Crippen molar-refractivity contribution < 1.29 is 63.1 Å². The number of allylic oxidation sites excluding steroid dienone is 7. The van der Waals surface area contributed by atoms with Crippen molar-refractivity contribution in [2.45, 2.75) is 154 Å². The predicted molar refractivity (Wildman–Crippen MR) is 214 cm³/mol. The zero-order valence-electron chi connectivity index (χ0n) is 33.4. The molecule has 2 unspecified atom stereocenters. The number of esters is 2. The monoisotopic (exact) mass is 802 g/mol. The standard InChI is InChI=1S/C41H71O13P/c1-4-6-17-24-35(43)25-19-14-11-12-15-20-26-38(45)39(46)27-22-29-41(48)54-37(33-53-55(49,50)52-31-36(44)30-42)32-51-40(47)28-21-16-10-8-7-9-13-18-23-34(3)5-2/h6,11-12,14-15,17,19-20,25-26,34-39,42-46H,4-5,7-10,13,16,18,21-24,27-33H2,1-3H3,(H,49,50)/b14-11+,15-12-,17-6-,25-19+,26-20-/t34?,35-,36-,37+,38+,39+/m0/s1. The first kappa shape index (κ1) is 52.6. The average molecular weight is 803 g/mol. The maximum Gasteiger partial charge on any atom is 0.472 e. The van der Waals surface area contributed by atoms with Crippen molar-refractivity contribution in [2.75, 3.05) is 26.4 Å². The number of rotatable bonds is 35. The number of carbonyl (C=O) groups excluding carboxylic acids is 2. The van der Waals surface area contributed by atoms with Gasteiger partial charge in [-0.3, -0.25) is 18.6 Å². The minimum absolute atomic E-state index is 0.0616. The molecule has 0 spiro atoms. The highest BCUT2D eigenvalue weighted by Crippen LogP contribution is 2.43. The molecule has 0 amide bonds. The van der Waals surface area contributed by atoms with Crippen LogP contribution < -0.4 is 0 Å². The Labute approximate surface area is 329 Å². The first-order valence-electron chi connectivity index (χ1n) is 20.0. The average Bonchev–Trinajstić information content (AvgIpc) is 3.16. The highest BCUT2D eigenvalue weighted by molar-refractivity contribution is 7.47. The predicted octanol–water partition coefficient (Wildman–Crippen LogP) is 6.71. The lowest BCUT2D eigenvalue weighted by Crippen LogP contribution is -2.30. The largest absolute Gasteiger partial charge is 0.472 e. The van der Waals surface area contributed by atoms with Gasteiger partial charge in [0.1, 0.15) is 12.7 Å². The molecule has 14 heteroatoms. The molecule has 13 nitrogen and oxygen atoms in total. The van der Waals surface area contributed by atoms with Gasteiger partial charge in [0.05, 0.1) is 38.1 Å². The summed E-state index contributed by atoms with van der Waals surface area (Å²) in [6.45, 7) is 4.05. The van der Waals surface area contributed by atoms with E-state index in [4.69, 9.17) is 19.1 Å². The number of aliphatic hydroxyl groups is 5. The fourth-order valence-corrected chi connectivity index (χ4v) is 5.75. The van der Waals surface area contributed by atoms with Crippen LogP contribution in [-0.4, -0.2) is 99.3 Å². The molecule has 318 valence electrons. The number of ether oxygens (including phenoxy) is 2. The molecule has 0 heterocycles. The number of hydrogen-bond acceptors (Lipinski definition) is 12. The Balaban J connectivity index is 4.74. The molecule has 6 N–H and O–H groups in total. The molecule has 0 saturated heterocycles. The first-order valence-corrected chi connectivity index (χ1v) is 21.5.